The van der Waals surface area contributed by atoms with E-state index in [1.54, 1.807) is 25.4 Å². The van der Waals surface area contributed by atoms with Crippen LogP contribution in [0.4, 0.5) is 21.7 Å². The molecule has 0 bridgehead atoms. The minimum atomic E-state index is -0.307. The van der Waals surface area contributed by atoms with Crippen molar-refractivity contribution < 1.29 is 18.3 Å². The number of benzene rings is 2. The molecular weight excluding hydrogens is 473 g/mol. The Morgan fingerprint density at radius 3 is 2.68 bits per heavy atom. The summed E-state index contributed by atoms with van der Waals surface area (Å²) < 4.78 is 31.9. The van der Waals surface area contributed by atoms with Crippen LogP contribution in [0, 0.1) is 12.7 Å². The number of aryl methyl sites for hydroxylation is 2. The van der Waals surface area contributed by atoms with Crippen molar-refractivity contribution >= 4 is 17.3 Å². The van der Waals surface area contributed by atoms with Gasteiger partial charge >= 0.3 is 0 Å². The summed E-state index contributed by atoms with van der Waals surface area (Å²) in [5, 5.41) is 3.12. The number of hydrogen-bond donors (Lipinski definition) is 1. The van der Waals surface area contributed by atoms with Gasteiger partial charge in [0.15, 0.2) is 11.7 Å². The predicted molar refractivity (Wildman–Crippen MR) is 141 cm³/mol. The third kappa shape index (κ3) is 5.56. The molecule has 192 valence electrons. The molecule has 0 atom stereocenters. The second-order valence-electron chi connectivity index (χ2n) is 8.93. The quantitative estimate of drug-likeness (QED) is 0.324. The molecule has 2 aromatic heterocycles. The molecule has 0 radical (unpaired) electrons. The Balaban J connectivity index is 1.45. The summed E-state index contributed by atoms with van der Waals surface area (Å²) in [4.78, 5) is 15.8. The monoisotopic (exact) mass is 503 g/mol. The molecule has 8 nitrogen and oxygen atoms in total. The zero-order valence-corrected chi connectivity index (χ0v) is 21.3. The third-order valence-corrected chi connectivity index (χ3v) is 6.14. The number of nitrogens with one attached hydrogen (secondary N) is 1. The maximum atomic E-state index is 14.9. The first-order valence-electron chi connectivity index (χ1n) is 12.4. The lowest BCUT2D eigenvalue weighted by molar-refractivity contribution is 0.122. The molecule has 0 aliphatic carbocycles. The first-order valence-corrected chi connectivity index (χ1v) is 12.4. The van der Waals surface area contributed by atoms with Crippen molar-refractivity contribution in [2.75, 3.05) is 43.6 Å². The molecule has 2 aromatic carbocycles. The van der Waals surface area contributed by atoms with Gasteiger partial charge in [-0.15, -0.1) is 0 Å². The predicted octanol–water partition coefficient (Wildman–Crippen LogP) is 5.79. The van der Waals surface area contributed by atoms with Gasteiger partial charge in [0.2, 0.25) is 5.95 Å². The third-order valence-electron chi connectivity index (χ3n) is 6.14. The van der Waals surface area contributed by atoms with E-state index < -0.39 is 0 Å². The van der Waals surface area contributed by atoms with Crippen LogP contribution in [-0.4, -0.2) is 48.4 Å². The Bertz CT molecular complexity index is 1380. The number of nitrogens with zero attached hydrogens (tertiary/aromatic N) is 4. The number of morpholine rings is 1. The van der Waals surface area contributed by atoms with Crippen LogP contribution >= 0.6 is 0 Å². The molecule has 0 unspecified atom stereocenters. The van der Waals surface area contributed by atoms with Gasteiger partial charge in [0.1, 0.15) is 23.0 Å². The normalized spacial score (nSPS) is 13.6. The highest BCUT2D eigenvalue weighted by Crippen LogP contribution is 2.35. The lowest BCUT2D eigenvalue weighted by atomic mass is 10.1. The van der Waals surface area contributed by atoms with Crippen LogP contribution in [0.1, 0.15) is 24.8 Å². The Hall–Kier alpha value is -3.98. The second-order valence-corrected chi connectivity index (χ2v) is 8.93. The molecular formula is C28H30FN5O3. The minimum Gasteiger partial charge on any atom is -0.497 e. The largest absolute Gasteiger partial charge is 0.497 e. The maximum Gasteiger partial charge on any atom is 0.227 e. The Morgan fingerprint density at radius 1 is 1.08 bits per heavy atom. The summed E-state index contributed by atoms with van der Waals surface area (Å²) in [6.45, 7) is 6.62. The molecule has 0 saturated carbocycles. The number of oxazole rings is 1. The van der Waals surface area contributed by atoms with E-state index in [0.717, 1.165) is 23.3 Å². The van der Waals surface area contributed by atoms with Crippen LogP contribution in [-0.2, 0) is 11.2 Å². The van der Waals surface area contributed by atoms with E-state index in [4.69, 9.17) is 18.9 Å². The van der Waals surface area contributed by atoms with Gasteiger partial charge in [0.05, 0.1) is 26.0 Å². The molecule has 9 heteroatoms. The van der Waals surface area contributed by atoms with E-state index in [9.17, 15) is 4.39 Å². The van der Waals surface area contributed by atoms with Gasteiger partial charge in [-0.1, -0.05) is 6.92 Å². The second kappa shape index (κ2) is 11.0. The molecule has 1 aliphatic rings. The van der Waals surface area contributed by atoms with Crippen LogP contribution in [0.3, 0.4) is 0 Å². The average Bonchev–Trinajstić information content (AvgIpc) is 3.33. The van der Waals surface area contributed by atoms with Gasteiger partial charge in [0, 0.05) is 37.0 Å². The lowest BCUT2D eigenvalue weighted by Crippen LogP contribution is -2.36. The van der Waals surface area contributed by atoms with Gasteiger partial charge in [-0.05, 0) is 61.4 Å². The van der Waals surface area contributed by atoms with Crippen molar-refractivity contribution in [2.45, 2.75) is 26.7 Å². The van der Waals surface area contributed by atoms with Gasteiger partial charge in [-0.3, -0.25) is 0 Å². The highest BCUT2D eigenvalue weighted by atomic mass is 19.1. The Kier molecular flexibility index (Phi) is 7.32. The lowest BCUT2D eigenvalue weighted by Gasteiger charge is -2.29. The summed E-state index contributed by atoms with van der Waals surface area (Å²) >= 11 is 0. The van der Waals surface area contributed by atoms with Crippen LogP contribution in [0.25, 0.3) is 22.7 Å². The molecule has 3 heterocycles. The van der Waals surface area contributed by atoms with Crippen molar-refractivity contribution in [3.8, 4) is 28.5 Å². The molecule has 5 rings (SSSR count). The number of anilines is 3. The van der Waals surface area contributed by atoms with Crippen molar-refractivity contribution in [3.63, 3.8) is 0 Å². The summed E-state index contributed by atoms with van der Waals surface area (Å²) in [5.74, 6) is 1.96. The fourth-order valence-electron chi connectivity index (χ4n) is 4.38. The summed E-state index contributed by atoms with van der Waals surface area (Å²) in [6.07, 6.45) is 3.26. The summed E-state index contributed by atoms with van der Waals surface area (Å²) in [6, 6.07) is 12.8. The van der Waals surface area contributed by atoms with Gasteiger partial charge in [-0.25, -0.2) is 19.3 Å². The van der Waals surface area contributed by atoms with E-state index in [-0.39, 0.29) is 5.82 Å². The number of methoxy groups -OCH3 is 1. The van der Waals surface area contributed by atoms with Gasteiger partial charge in [0.25, 0.3) is 0 Å². The van der Waals surface area contributed by atoms with Crippen molar-refractivity contribution in [1.29, 1.82) is 0 Å². The Labute approximate surface area is 215 Å². The van der Waals surface area contributed by atoms with E-state index in [1.165, 1.54) is 6.07 Å². The number of ether oxygens (including phenoxy) is 2. The highest BCUT2D eigenvalue weighted by molar-refractivity contribution is 5.77. The van der Waals surface area contributed by atoms with Crippen molar-refractivity contribution in [3.05, 3.63) is 65.9 Å². The van der Waals surface area contributed by atoms with E-state index in [1.807, 2.05) is 36.1 Å². The smallest absolute Gasteiger partial charge is 0.227 e. The van der Waals surface area contributed by atoms with Crippen LogP contribution in [0.5, 0.6) is 5.75 Å². The number of halogens is 1. The van der Waals surface area contributed by atoms with Crippen molar-refractivity contribution in [1.82, 2.24) is 15.0 Å². The van der Waals surface area contributed by atoms with Crippen molar-refractivity contribution in [2.24, 2.45) is 0 Å². The van der Waals surface area contributed by atoms with Gasteiger partial charge in [-0.2, -0.15) is 0 Å². The summed E-state index contributed by atoms with van der Waals surface area (Å²) in [5.41, 5.74) is 4.32. The number of aromatic nitrogens is 3. The first kappa shape index (κ1) is 24.7. The minimum absolute atomic E-state index is 0.307. The molecule has 1 aliphatic heterocycles. The molecule has 37 heavy (non-hydrogen) atoms. The molecule has 0 spiro atoms. The number of rotatable bonds is 8. The maximum absolute atomic E-state index is 14.9. The molecule has 1 saturated heterocycles. The zero-order chi connectivity index (χ0) is 25.8. The van der Waals surface area contributed by atoms with Gasteiger partial charge < -0.3 is 24.1 Å². The topological polar surface area (TPSA) is 85.5 Å². The standard InChI is InChI=1S/C28H30FN5O3/c1-4-5-25-33-26(19-14-18(2)15-21(16-19)35-3)27(37-25)23-8-9-30-28(32-23)31-20-6-7-24(22(29)17-20)34-10-12-36-13-11-34/h6-9,14-17H,4-5,10-13H2,1-3H3,(H,30,31,32). The average molecular weight is 504 g/mol. The summed E-state index contributed by atoms with van der Waals surface area (Å²) in [7, 11) is 1.64. The molecule has 1 N–H and O–H groups in total. The number of hydrogen-bond acceptors (Lipinski definition) is 8. The Morgan fingerprint density at radius 2 is 1.92 bits per heavy atom. The van der Waals surface area contributed by atoms with Crippen LogP contribution < -0.4 is 15.0 Å². The highest BCUT2D eigenvalue weighted by Gasteiger charge is 2.20. The van der Waals surface area contributed by atoms with Crippen LogP contribution in [0.15, 0.2) is 53.1 Å². The molecule has 1 fully saturated rings. The zero-order valence-electron chi connectivity index (χ0n) is 21.3. The van der Waals surface area contributed by atoms with Crippen LogP contribution in [0.2, 0.25) is 0 Å². The van der Waals surface area contributed by atoms with E-state index in [2.05, 4.69) is 22.2 Å². The fraction of sp³-hybridized carbons (Fsp3) is 0.321. The molecule has 0 amide bonds. The fourth-order valence-corrected chi connectivity index (χ4v) is 4.38. The molecule has 4 aromatic rings. The van der Waals surface area contributed by atoms with E-state index in [0.29, 0.717) is 73.1 Å². The van der Waals surface area contributed by atoms with E-state index >= 15 is 0 Å². The first-order chi connectivity index (χ1) is 18.0. The SMILES string of the molecule is CCCc1nc(-c2cc(C)cc(OC)c2)c(-c2ccnc(Nc3ccc(N4CCOCC4)c(F)c3)n2)o1.